The van der Waals surface area contributed by atoms with Crippen LogP contribution in [0.25, 0.3) is 11.1 Å². The predicted molar refractivity (Wildman–Crippen MR) is 89.3 cm³/mol. The van der Waals surface area contributed by atoms with E-state index in [1.807, 2.05) is 0 Å². The Bertz CT molecular complexity index is 810. The van der Waals surface area contributed by atoms with Crippen molar-refractivity contribution in [3.8, 4) is 0 Å². The molecule has 1 heterocycles. The Hall–Kier alpha value is -2.57. The summed E-state index contributed by atoms with van der Waals surface area (Å²) in [6.07, 6.45) is 0.273. The molecule has 1 aromatic carbocycles. The zero-order chi connectivity index (χ0) is 17.9. The van der Waals surface area contributed by atoms with Crippen LogP contribution in [0.4, 0.5) is 4.79 Å². The zero-order valence-electron chi connectivity index (χ0n) is 14.3. The number of carbonyl (C=O) groups excluding carboxylic acids is 2. The van der Waals surface area contributed by atoms with Crippen molar-refractivity contribution in [1.29, 1.82) is 0 Å². The third-order valence-electron chi connectivity index (χ3n) is 3.36. The fourth-order valence-corrected chi connectivity index (χ4v) is 2.21. The number of aryl methyl sites for hydroxylation is 1. The summed E-state index contributed by atoms with van der Waals surface area (Å²) in [5.74, 6) is -0.537. The molecular formula is C17H22N2O5. The maximum atomic E-state index is 12.2. The van der Waals surface area contributed by atoms with Crippen LogP contribution in [-0.2, 0) is 11.8 Å². The third kappa shape index (κ3) is 4.47. The Labute approximate surface area is 139 Å². The van der Waals surface area contributed by atoms with E-state index in [2.05, 4.69) is 5.32 Å². The number of ketones is 1. The van der Waals surface area contributed by atoms with Crippen LogP contribution in [0.3, 0.4) is 0 Å². The SMILES string of the molecule is Cn1c(=O)oc2cc(C(=O)CCCNC(=O)OC(C)(C)C)ccc21. The summed E-state index contributed by atoms with van der Waals surface area (Å²) >= 11 is 0. The average Bonchev–Trinajstić information content (AvgIpc) is 2.76. The van der Waals surface area contributed by atoms with Crippen LogP contribution in [0.15, 0.2) is 27.4 Å². The van der Waals surface area contributed by atoms with Gasteiger partial charge in [0.1, 0.15) is 5.60 Å². The van der Waals surface area contributed by atoms with E-state index in [0.29, 0.717) is 29.6 Å². The summed E-state index contributed by atoms with van der Waals surface area (Å²) < 4.78 is 11.6. The average molecular weight is 334 g/mol. The van der Waals surface area contributed by atoms with E-state index in [-0.39, 0.29) is 12.2 Å². The second kappa shape index (κ2) is 6.90. The van der Waals surface area contributed by atoms with E-state index in [1.165, 1.54) is 4.57 Å². The largest absolute Gasteiger partial charge is 0.444 e. The Kier molecular flexibility index (Phi) is 5.11. The van der Waals surface area contributed by atoms with Crippen LogP contribution in [-0.4, -0.2) is 28.6 Å². The molecule has 0 radical (unpaired) electrons. The number of hydrogen-bond acceptors (Lipinski definition) is 5. The normalized spacial score (nSPS) is 11.5. The van der Waals surface area contributed by atoms with Crippen LogP contribution in [0.1, 0.15) is 44.0 Å². The molecule has 2 aromatic rings. The lowest BCUT2D eigenvalue weighted by Gasteiger charge is -2.19. The topological polar surface area (TPSA) is 90.5 Å². The molecule has 0 spiro atoms. The van der Waals surface area contributed by atoms with Crippen LogP contribution in [0, 0.1) is 0 Å². The first kappa shape index (κ1) is 17.8. The molecule has 1 N–H and O–H groups in total. The number of carbonyl (C=O) groups is 2. The highest BCUT2D eigenvalue weighted by Crippen LogP contribution is 2.16. The van der Waals surface area contributed by atoms with E-state index >= 15 is 0 Å². The fraction of sp³-hybridized carbons (Fsp3) is 0.471. The zero-order valence-corrected chi connectivity index (χ0v) is 14.3. The molecule has 0 aliphatic rings. The van der Waals surface area contributed by atoms with Gasteiger partial charge in [-0.1, -0.05) is 0 Å². The van der Waals surface area contributed by atoms with Gasteiger partial charge in [-0.3, -0.25) is 9.36 Å². The van der Waals surface area contributed by atoms with Gasteiger partial charge in [-0.05, 0) is 45.4 Å². The summed E-state index contributed by atoms with van der Waals surface area (Å²) in [7, 11) is 1.61. The summed E-state index contributed by atoms with van der Waals surface area (Å²) in [6.45, 7) is 5.71. The van der Waals surface area contributed by atoms with Gasteiger partial charge in [0.2, 0.25) is 0 Å². The van der Waals surface area contributed by atoms with Gasteiger partial charge in [0.25, 0.3) is 0 Å². The van der Waals surface area contributed by atoms with Crippen molar-refractivity contribution in [1.82, 2.24) is 9.88 Å². The lowest BCUT2D eigenvalue weighted by atomic mass is 10.1. The van der Waals surface area contributed by atoms with Crippen molar-refractivity contribution < 1.29 is 18.7 Å². The highest BCUT2D eigenvalue weighted by atomic mass is 16.6. The molecule has 0 atom stereocenters. The first-order valence-electron chi connectivity index (χ1n) is 7.77. The number of oxazole rings is 1. The van der Waals surface area contributed by atoms with E-state index in [0.717, 1.165) is 0 Å². The Morgan fingerprint density at radius 2 is 2.00 bits per heavy atom. The molecule has 1 amide bonds. The number of Topliss-reactive ketones (excluding diaryl/α,β-unsaturated/α-hetero) is 1. The number of amides is 1. The quantitative estimate of drug-likeness (QED) is 0.670. The predicted octanol–water partition coefficient (Wildman–Crippen LogP) is 2.62. The van der Waals surface area contributed by atoms with Gasteiger partial charge in [-0.2, -0.15) is 0 Å². The molecule has 130 valence electrons. The first-order valence-corrected chi connectivity index (χ1v) is 7.77. The number of fused-ring (bicyclic) bond motifs is 1. The molecule has 24 heavy (non-hydrogen) atoms. The lowest BCUT2D eigenvalue weighted by Crippen LogP contribution is -2.33. The van der Waals surface area contributed by atoms with Gasteiger partial charge in [0.15, 0.2) is 11.4 Å². The monoisotopic (exact) mass is 334 g/mol. The minimum absolute atomic E-state index is 0.0746. The second-order valence-corrected chi connectivity index (χ2v) is 6.56. The number of ether oxygens (including phenoxy) is 1. The number of benzene rings is 1. The Morgan fingerprint density at radius 1 is 1.29 bits per heavy atom. The molecule has 0 unspecified atom stereocenters. The number of alkyl carbamates (subject to hydrolysis) is 1. The van der Waals surface area contributed by atoms with Gasteiger partial charge in [-0.25, -0.2) is 9.59 Å². The Morgan fingerprint density at radius 3 is 2.67 bits per heavy atom. The van der Waals surface area contributed by atoms with Crippen molar-refractivity contribution in [2.75, 3.05) is 6.54 Å². The summed E-state index contributed by atoms with van der Waals surface area (Å²) in [5, 5.41) is 2.61. The van der Waals surface area contributed by atoms with Crippen LogP contribution >= 0.6 is 0 Å². The maximum Gasteiger partial charge on any atom is 0.419 e. The molecule has 0 bridgehead atoms. The molecule has 0 aliphatic carbocycles. The van der Waals surface area contributed by atoms with Gasteiger partial charge < -0.3 is 14.5 Å². The minimum Gasteiger partial charge on any atom is -0.444 e. The number of hydrogen-bond donors (Lipinski definition) is 1. The molecular weight excluding hydrogens is 312 g/mol. The van der Waals surface area contributed by atoms with Crippen molar-refractivity contribution in [3.63, 3.8) is 0 Å². The number of aromatic nitrogens is 1. The van der Waals surface area contributed by atoms with Crippen molar-refractivity contribution in [2.45, 2.75) is 39.2 Å². The summed E-state index contributed by atoms with van der Waals surface area (Å²) in [6, 6.07) is 4.92. The van der Waals surface area contributed by atoms with Crippen LogP contribution < -0.4 is 11.1 Å². The van der Waals surface area contributed by atoms with E-state index in [9.17, 15) is 14.4 Å². The number of nitrogens with one attached hydrogen (secondary N) is 1. The van der Waals surface area contributed by atoms with Gasteiger partial charge in [0, 0.05) is 25.6 Å². The van der Waals surface area contributed by atoms with Crippen LogP contribution in [0.5, 0.6) is 0 Å². The maximum absolute atomic E-state index is 12.2. The second-order valence-electron chi connectivity index (χ2n) is 6.56. The standard InChI is InChI=1S/C17H22N2O5/c1-17(2,3)24-15(21)18-9-5-6-13(20)11-7-8-12-14(10-11)23-16(22)19(12)4/h7-8,10H,5-6,9H2,1-4H3,(H,18,21). The molecule has 7 heteroatoms. The molecule has 0 fully saturated rings. The molecule has 7 nitrogen and oxygen atoms in total. The molecule has 0 saturated heterocycles. The first-order chi connectivity index (χ1) is 11.2. The fourth-order valence-electron chi connectivity index (χ4n) is 2.21. The molecule has 2 rings (SSSR count). The highest BCUT2D eigenvalue weighted by Gasteiger charge is 2.16. The minimum atomic E-state index is -0.547. The van der Waals surface area contributed by atoms with E-state index < -0.39 is 17.5 Å². The van der Waals surface area contributed by atoms with Gasteiger partial charge >= 0.3 is 11.8 Å². The molecule has 1 aromatic heterocycles. The van der Waals surface area contributed by atoms with Gasteiger partial charge in [-0.15, -0.1) is 0 Å². The van der Waals surface area contributed by atoms with E-state index in [4.69, 9.17) is 9.15 Å². The summed E-state index contributed by atoms with van der Waals surface area (Å²) in [4.78, 5) is 35.1. The molecule has 0 aliphatic heterocycles. The number of rotatable bonds is 5. The van der Waals surface area contributed by atoms with E-state index in [1.54, 1.807) is 46.0 Å². The Balaban J connectivity index is 1.87. The lowest BCUT2D eigenvalue weighted by molar-refractivity contribution is 0.0525. The van der Waals surface area contributed by atoms with Crippen molar-refractivity contribution in [2.24, 2.45) is 7.05 Å². The molecule has 0 saturated carbocycles. The third-order valence-corrected chi connectivity index (χ3v) is 3.36. The van der Waals surface area contributed by atoms with Gasteiger partial charge in [0.05, 0.1) is 5.52 Å². The summed E-state index contributed by atoms with van der Waals surface area (Å²) in [5.41, 5.74) is 0.965. The highest BCUT2D eigenvalue weighted by molar-refractivity contribution is 5.98. The van der Waals surface area contributed by atoms with Crippen molar-refractivity contribution >= 4 is 23.0 Å². The van der Waals surface area contributed by atoms with Crippen LogP contribution in [0.2, 0.25) is 0 Å². The smallest absolute Gasteiger partial charge is 0.419 e. The van der Waals surface area contributed by atoms with Crippen molar-refractivity contribution in [3.05, 3.63) is 34.3 Å². The number of nitrogens with zero attached hydrogens (tertiary/aromatic N) is 1.